The smallest absolute Gasteiger partial charge is 0.326 e. The normalized spacial score (nSPS) is 11.7. The van der Waals surface area contributed by atoms with Crippen LogP contribution in [0.1, 0.15) is 21.5 Å². The van der Waals surface area contributed by atoms with E-state index in [-0.39, 0.29) is 12.0 Å². The Balaban J connectivity index is 2.14. The summed E-state index contributed by atoms with van der Waals surface area (Å²) in [5.41, 5.74) is 2.16. The van der Waals surface area contributed by atoms with Gasteiger partial charge in [0.15, 0.2) is 0 Å². The van der Waals surface area contributed by atoms with Crippen LogP contribution in [0, 0.1) is 6.92 Å². The second-order valence-corrected chi connectivity index (χ2v) is 5.44. The second-order valence-electron chi connectivity index (χ2n) is 5.04. The van der Waals surface area contributed by atoms with Gasteiger partial charge in [0.25, 0.3) is 5.91 Å². The van der Waals surface area contributed by atoms with Gasteiger partial charge in [0.2, 0.25) is 0 Å². The van der Waals surface area contributed by atoms with E-state index in [1.54, 1.807) is 24.3 Å². The number of hydrogen-bond acceptors (Lipinski definition) is 2. The van der Waals surface area contributed by atoms with Crippen molar-refractivity contribution < 1.29 is 14.7 Å². The quantitative estimate of drug-likeness (QED) is 0.890. The Kier molecular flexibility index (Phi) is 5.17. The van der Waals surface area contributed by atoms with Crippen molar-refractivity contribution in [2.24, 2.45) is 0 Å². The Morgan fingerprint density at radius 1 is 1.18 bits per heavy atom. The number of amides is 1. The topological polar surface area (TPSA) is 66.4 Å². The number of carbonyl (C=O) groups is 2. The number of hydrogen-bond donors (Lipinski definition) is 2. The van der Waals surface area contributed by atoms with E-state index in [1.165, 1.54) is 0 Å². The van der Waals surface area contributed by atoms with Crippen LogP contribution in [0.25, 0.3) is 0 Å². The molecule has 0 aliphatic carbocycles. The lowest BCUT2D eigenvalue weighted by Crippen LogP contribution is -2.42. The number of carboxylic acid groups (broad SMARTS) is 1. The van der Waals surface area contributed by atoms with E-state index >= 15 is 0 Å². The summed E-state index contributed by atoms with van der Waals surface area (Å²) >= 11 is 5.95. The summed E-state index contributed by atoms with van der Waals surface area (Å²) in [4.78, 5) is 23.6. The second kappa shape index (κ2) is 7.09. The summed E-state index contributed by atoms with van der Waals surface area (Å²) in [6.07, 6.45) is 0.215. The molecule has 2 aromatic carbocycles. The number of nitrogens with one attached hydrogen (secondary N) is 1. The highest BCUT2D eigenvalue weighted by Crippen LogP contribution is 2.15. The minimum atomic E-state index is -1.08. The Labute approximate surface area is 133 Å². The highest BCUT2D eigenvalue weighted by molar-refractivity contribution is 6.33. The largest absolute Gasteiger partial charge is 0.480 e. The lowest BCUT2D eigenvalue weighted by molar-refractivity contribution is -0.139. The highest BCUT2D eigenvalue weighted by atomic mass is 35.5. The Bertz CT molecular complexity index is 700. The van der Waals surface area contributed by atoms with E-state index in [2.05, 4.69) is 5.32 Å². The molecule has 0 radical (unpaired) electrons. The molecule has 0 aliphatic heterocycles. The van der Waals surface area contributed by atoms with Crippen molar-refractivity contribution in [2.45, 2.75) is 19.4 Å². The van der Waals surface area contributed by atoms with E-state index < -0.39 is 17.9 Å². The fourth-order valence-corrected chi connectivity index (χ4v) is 2.38. The first kappa shape index (κ1) is 16.0. The number of aryl methyl sites for hydroxylation is 1. The zero-order chi connectivity index (χ0) is 16.1. The maximum absolute atomic E-state index is 12.2. The molecule has 22 heavy (non-hydrogen) atoms. The summed E-state index contributed by atoms with van der Waals surface area (Å²) in [5, 5.41) is 12.1. The molecule has 4 nitrogen and oxygen atoms in total. The number of carboxylic acids is 1. The summed E-state index contributed by atoms with van der Waals surface area (Å²) < 4.78 is 0. The molecule has 0 heterocycles. The number of carbonyl (C=O) groups excluding carboxylic acids is 1. The molecule has 5 heteroatoms. The van der Waals surface area contributed by atoms with Crippen LogP contribution in [0.2, 0.25) is 5.02 Å². The summed E-state index contributed by atoms with van der Waals surface area (Å²) in [5.74, 6) is -1.58. The molecular formula is C17H16ClNO3. The average molecular weight is 318 g/mol. The molecule has 0 fully saturated rings. The van der Waals surface area contributed by atoms with Crippen LogP contribution in [0.3, 0.4) is 0 Å². The molecule has 0 bridgehead atoms. The van der Waals surface area contributed by atoms with Gasteiger partial charge in [0.1, 0.15) is 6.04 Å². The van der Waals surface area contributed by atoms with Crippen LogP contribution in [-0.2, 0) is 11.2 Å². The Morgan fingerprint density at radius 2 is 1.91 bits per heavy atom. The molecule has 0 saturated carbocycles. The van der Waals surface area contributed by atoms with E-state index in [0.29, 0.717) is 5.02 Å². The third-order valence-corrected chi connectivity index (χ3v) is 3.57. The lowest BCUT2D eigenvalue weighted by Gasteiger charge is -2.15. The van der Waals surface area contributed by atoms with Crippen molar-refractivity contribution in [3.8, 4) is 0 Å². The molecule has 0 aliphatic rings. The van der Waals surface area contributed by atoms with Crippen molar-refractivity contribution in [3.05, 3.63) is 70.2 Å². The van der Waals surface area contributed by atoms with E-state index in [9.17, 15) is 14.7 Å². The number of benzene rings is 2. The summed E-state index contributed by atoms with van der Waals surface area (Å²) in [6, 6.07) is 13.1. The first-order valence-electron chi connectivity index (χ1n) is 6.81. The van der Waals surface area contributed by atoms with E-state index in [1.807, 2.05) is 31.2 Å². The molecule has 2 rings (SSSR count). The molecule has 0 unspecified atom stereocenters. The van der Waals surface area contributed by atoms with Crippen LogP contribution in [0.4, 0.5) is 0 Å². The minimum absolute atomic E-state index is 0.215. The number of rotatable bonds is 5. The van der Waals surface area contributed by atoms with Crippen molar-refractivity contribution in [1.82, 2.24) is 5.32 Å². The molecule has 2 N–H and O–H groups in total. The molecule has 0 saturated heterocycles. The van der Waals surface area contributed by atoms with Crippen molar-refractivity contribution in [1.29, 1.82) is 0 Å². The third kappa shape index (κ3) is 4.09. The van der Waals surface area contributed by atoms with E-state index in [4.69, 9.17) is 11.6 Å². The van der Waals surface area contributed by atoms with Gasteiger partial charge in [-0.05, 0) is 24.6 Å². The lowest BCUT2D eigenvalue weighted by atomic mass is 10.0. The minimum Gasteiger partial charge on any atom is -0.480 e. The van der Waals surface area contributed by atoms with Gasteiger partial charge in [-0.15, -0.1) is 0 Å². The first-order chi connectivity index (χ1) is 10.5. The number of halogens is 1. The van der Waals surface area contributed by atoms with Crippen LogP contribution >= 0.6 is 11.6 Å². The predicted octanol–water partition coefficient (Wildman–Crippen LogP) is 3.07. The van der Waals surface area contributed by atoms with Crippen LogP contribution in [0.5, 0.6) is 0 Å². The fourth-order valence-electron chi connectivity index (χ4n) is 2.16. The maximum atomic E-state index is 12.2. The van der Waals surface area contributed by atoms with Gasteiger partial charge in [-0.25, -0.2) is 4.79 Å². The molecule has 1 atom stereocenters. The molecule has 2 aromatic rings. The maximum Gasteiger partial charge on any atom is 0.326 e. The molecular weight excluding hydrogens is 302 g/mol. The molecule has 0 spiro atoms. The number of aliphatic carboxylic acids is 1. The standard InChI is InChI=1S/C17H16ClNO3/c1-11-5-4-6-12(9-11)10-15(17(21)22)19-16(20)13-7-2-3-8-14(13)18/h2-9,15H,10H2,1H3,(H,19,20)(H,21,22)/t15-/m1/s1. The van der Waals surface area contributed by atoms with E-state index in [0.717, 1.165) is 11.1 Å². The van der Waals surface area contributed by atoms with Gasteiger partial charge in [-0.2, -0.15) is 0 Å². The third-order valence-electron chi connectivity index (χ3n) is 3.24. The summed E-state index contributed by atoms with van der Waals surface area (Å²) in [6.45, 7) is 1.93. The first-order valence-corrected chi connectivity index (χ1v) is 7.19. The Morgan fingerprint density at radius 3 is 2.55 bits per heavy atom. The van der Waals surface area contributed by atoms with Gasteiger partial charge in [0, 0.05) is 6.42 Å². The van der Waals surface area contributed by atoms with Gasteiger partial charge >= 0.3 is 5.97 Å². The van der Waals surface area contributed by atoms with Gasteiger partial charge in [-0.3, -0.25) is 4.79 Å². The van der Waals surface area contributed by atoms with Gasteiger partial charge < -0.3 is 10.4 Å². The predicted molar refractivity (Wildman–Crippen MR) is 85.2 cm³/mol. The molecule has 1 amide bonds. The van der Waals surface area contributed by atoms with Gasteiger partial charge in [0.05, 0.1) is 10.6 Å². The van der Waals surface area contributed by atoms with Crippen LogP contribution < -0.4 is 5.32 Å². The molecule has 114 valence electrons. The van der Waals surface area contributed by atoms with Gasteiger partial charge in [-0.1, -0.05) is 53.6 Å². The molecule has 0 aromatic heterocycles. The fraction of sp³-hybridized carbons (Fsp3) is 0.176. The Hall–Kier alpha value is -2.33. The van der Waals surface area contributed by atoms with Crippen molar-refractivity contribution >= 4 is 23.5 Å². The van der Waals surface area contributed by atoms with Crippen LogP contribution in [-0.4, -0.2) is 23.0 Å². The van der Waals surface area contributed by atoms with Crippen LogP contribution in [0.15, 0.2) is 48.5 Å². The van der Waals surface area contributed by atoms with Crippen molar-refractivity contribution in [2.75, 3.05) is 0 Å². The SMILES string of the molecule is Cc1cccc(C[C@@H](NC(=O)c2ccccc2Cl)C(=O)O)c1. The zero-order valence-electron chi connectivity index (χ0n) is 12.0. The monoisotopic (exact) mass is 317 g/mol. The van der Waals surface area contributed by atoms with Crippen molar-refractivity contribution in [3.63, 3.8) is 0 Å². The summed E-state index contributed by atoms with van der Waals surface area (Å²) in [7, 11) is 0. The average Bonchev–Trinajstić information content (AvgIpc) is 2.46. The highest BCUT2D eigenvalue weighted by Gasteiger charge is 2.22. The zero-order valence-corrected chi connectivity index (χ0v) is 12.8.